The van der Waals surface area contributed by atoms with Gasteiger partial charge in [0.15, 0.2) is 0 Å². The molecule has 0 amide bonds. The molecule has 0 fully saturated rings. The van der Waals surface area contributed by atoms with Gasteiger partial charge in [-0.1, -0.05) is 23.2 Å². The molecule has 1 aromatic rings. The maximum absolute atomic E-state index is 10.5. The predicted molar refractivity (Wildman–Crippen MR) is 52.7 cm³/mol. The van der Waals surface area contributed by atoms with Gasteiger partial charge in [0.05, 0.1) is 10.8 Å². The van der Waals surface area contributed by atoms with E-state index >= 15 is 0 Å². The van der Waals surface area contributed by atoms with E-state index in [4.69, 9.17) is 34.8 Å². The highest BCUT2D eigenvalue weighted by molar-refractivity contribution is 6.36. The third-order valence-electron chi connectivity index (χ3n) is 1.43. The third-order valence-corrected chi connectivity index (χ3v) is 2.23. The van der Waals surface area contributed by atoms with Crippen LogP contribution >= 0.6 is 34.8 Å². The van der Waals surface area contributed by atoms with Gasteiger partial charge in [-0.15, -0.1) is 11.6 Å². The Bertz CT molecular complexity index is 354. The number of halogens is 3. The van der Waals surface area contributed by atoms with Crippen molar-refractivity contribution in [2.45, 2.75) is 5.88 Å². The molecule has 6 heteroatoms. The summed E-state index contributed by atoms with van der Waals surface area (Å²) in [5, 5.41) is 10.9. The van der Waals surface area contributed by atoms with Crippen molar-refractivity contribution >= 4 is 40.5 Å². The molecule has 0 spiro atoms. The maximum Gasteiger partial charge on any atom is 0.292 e. The molecule has 0 bridgehead atoms. The molecule has 0 aliphatic rings. The van der Waals surface area contributed by atoms with Gasteiger partial charge in [-0.25, -0.2) is 0 Å². The minimum Gasteiger partial charge on any atom is -0.258 e. The number of benzene rings is 1. The number of nitro benzene ring substituents is 1. The van der Waals surface area contributed by atoms with E-state index in [1.165, 1.54) is 12.1 Å². The Morgan fingerprint density at radius 3 is 2.46 bits per heavy atom. The minimum atomic E-state index is -0.573. The van der Waals surface area contributed by atoms with Gasteiger partial charge in [0.2, 0.25) is 0 Å². The third kappa shape index (κ3) is 2.24. The number of hydrogen-bond acceptors (Lipinski definition) is 2. The average Bonchev–Trinajstić information content (AvgIpc) is 2.01. The smallest absolute Gasteiger partial charge is 0.258 e. The zero-order valence-electron chi connectivity index (χ0n) is 6.26. The zero-order chi connectivity index (χ0) is 10.0. The van der Waals surface area contributed by atoms with Crippen LogP contribution in [0.25, 0.3) is 0 Å². The Labute approximate surface area is 89.4 Å². The summed E-state index contributed by atoms with van der Waals surface area (Å²) in [6.45, 7) is 0. The normalized spacial score (nSPS) is 10.1. The van der Waals surface area contributed by atoms with Crippen molar-refractivity contribution in [3.63, 3.8) is 0 Å². The molecule has 0 radical (unpaired) electrons. The number of nitro groups is 1. The summed E-state index contributed by atoms with van der Waals surface area (Å²) in [6.07, 6.45) is 0. The van der Waals surface area contributed by atoms with Crippen molar-refractivity contribution in [2.75, 3.05) is 0 Å². The van der Waals surface area contributed by atoms with Gasteiger partial charge in [0, 0.05) is 10.6 Å². The summed E-state index contributed by atoms with van der Waals surface area (Å²) in [6, 6.07) is 2.75. The fourth-order valence-electron chi connectivity index (χ4n) is 0.926. The molecule has 0 atom stereocenters. The number of hydrogen-bond donors (Lipinski definition) is 0. The number of nitrogens with zero attached hydrogens (tertiary/aromatic N) is 1. The molecular weight excluding hydrogens is 236 g/mol. The number of alkyl halides is 1. The Morgan fingerprint density at radius 1 is 1.38 bits per heavy atom. The summed E-state index contributed by atoms with van der Waals surface area (Å²) in [4.78, 5) is 9.96. The van der Waals surface area contributed by atoms with Crippen molar-refractivity contribution in [1.29, 1.82) is 0 Å². The van der Waals surface area contributed by atoms with E-state index in [1.54, 1.807) is 0 Å². The van der Waals surface area contributed by atoms with Crippen molar-refractivity contribution in [1.82, 2.24) is 0 Å². The minimum absolute atomic E-state index is 0.00755. The second-order valence-corrected chi connectivity index (χ2v) is 3.40. The molecule has 0 saturated carbocycles. The van der Waals surface area contributed by atoms with Crippen molar-refractivity contribution in [3.8, 4) is 0 Å². The fourth-order valence-corrected chi connectivity index (χ4v) is 1.73. The van der Waals surface area contributed by atoms with Crippen LogP contribution in [0.4, 0.5) is 5.69 Å². The highest BCUT2D eigenvalue weighted by Crippen LogP contribution is 2.32. The van der Waals surface area contributed by atoms with Gasteiger partial charge in [0.1, 0.15) is 5.02 Å². The van der Waals surface area contributed by atoms with Crippen LogP contribution in [0.3, 0.4) is 0 Å². The quantitative estimate of drug-likeness (QED) is 0.450. The number of rotatable bonds is 2. The molecule has 0 N–H and O–H groups in total. The largest absolute Gasteiger partial charge is 0.292 e. The molecule has 0 aliphatic carbocycles. The lowest BCUT2D eigenvalue weighted by Crippen LogP contribution is -1.94. The van der Waals surface area contributed by atoms with E-state index < -0.39 is 4.92 Å². The van der Waals surface area contributed by atoms with Crippen LogP contribution in [0.1, 0.15) is 5.56 Å². The predicted octanol–water partition coefficient (Wildman–Crippen LogP) is 3.64. The first-order valence-corrected chi connectivity index (χ1v) is 4.53. The van der Waals surface area contributed by atoms with Crippen molar-refractivity contribution in [3.05, 3.63) is 37.9 Å². The zero-order valence-corrected chi connectivity index (χ0v) is 8.53. The van der Waals surface area contributed by atoms with E-state index in [0.717, 1.165) is 0 Å². The van der Waals surface area contributed by atoms with Gasteiger partial charge < -0.3 is 0 Å². The molecule has 3 nitrogen and oxygen atoms in total. The van der Waals surface area contributed by atoms with Gasteiger partial charge in [-0.2, -0.15) is 0 Å². The molecule has 13 heavy (non-hydrogen) atoms. The van der Waals surface area contributed by atoms with Gasteiger partial charge >= 0.3 is 0 Å². The van der Waals surface area contributed by atoms with Crippen LogP contribution < -0.4 is 0 Å². The van der Waals surface area contributed by atoms with Crippen LogP contribution in [0.15, 0.2) is 12.1 Å². The van der Waals surface area contributed by atoms with E-state index in [1.807, 2.05) is 0 Å². The molecule has 0 saturated heterocycles. The monoisotopic (exact) mass is 239 g/mol. The van der Waals surface area contributed by atoms with Crippen LogP contribution in [-0.4, -0.2) is 4.92 Å². The maximum atomic E-state index is 10.5. The highest BCUT2D eigenvalue weighted by atomic mass is 35.5. The summed E-state index contributed by atoms with van der Waals surface area (Å²) in [5.41, 5.74) is 0.144. The van der Waals surface area contributed by atoms with Crippen LogP contribution in [0.2, 0.25) is 10.0 Å². The van der Waals surface area contributed by atoms with Crippen molar-refractivity contribution in [2.24, 2.45) is 0 Å². The fraction of sp³-hybridized carbons (Fsp3) is 0.143. The summed E-state index contributed by atoms with van der Waals surface area (Å²) >= 11 is 16.8. The van der Waals surface area contributed by atoms with Crippen LogP contribution in [0.5, 0.6) is 0 Å². The second-order valence-electron chi connectivity index (χ2n) is 2.29. The first kappa shape index (κ1) is 10.6. The molecule has 0 aliphatic heterocycles. The SMILES string of the molecule is O=[N+]([O-])c1c(Cl)cc(Cl)cc1CCl. The van der Waals surface area contributed by atoms with Gasteiger partial charge in [-0.3, -0.25) is 10.1 Å². The molecule has 1 rings (SSSR count). The summed E-state index contributed by atoms with van der Waals surface area (Å²) in [7, 11) is 0. The summed E-state index contributed by atoms with van der Waals surface area (Å²) < 4.78 is 0. The Balaban J connectivity index is 3.38. The van der Waals surface area contributed by atoms with Crippen LogP contribution in [-0.2, 0) is 5.88 Å². The van der Waals surface area contributed by atoms with Crippen LogP contribution in [0, 0.1) is 10.1 Å². The standard InChI is InChI=1S/C7H4Cl3NO2/c8-3-4-1-5(9)2-6(10)7(4)11(12)13/h1-2H,3H2. The lowest BCUT2D eigenvalue weighted by atomic mass is 10.2. The Morgan fingerprint density at radius 2 is 2.00 bits per heavy atom. The van der Waals surface area contributed by atoms with E-state index in [0.29, 0.717) is 10.6 Å². The Hall–Kier alpha value is -0.510. The molecular formula is C7H4Cl3NO2. The van der Waals surface area contributed by atoms with E-state index in [2.05, 4.69) is 0 Å². The van der Waals surface area contributed by atoms with E-state index in [9.17, 15) is 10.1 Å². The molecule has 0 aromatic heterocycles. The Kier molecular flexibility index (Phi) is 3.36. The molecule has 1 aromatic carbocycles. The molecule has 0 unspecified atom stereocenters. The average molecular weight is 240 g/mol. The van der Waals surface area contributed by atoms with Crippen molar-refractivity contribution < 1.29 is 4.92 Å². The van der Waals surface area contributed by atoms with Gasteiger partial charge in [0.25, 0.3) is 5.69 Å². The topological polar surface area (TPSA) is 43.1 Å². The van der Waals surface area contributed by atoms with E-state index in [-0.39, 0.29) is 16.6 Å². The lowest BCUT2D eigenvalue weighted by molar-refractivity contribution is -0.385. The molecule has 0 heterocycles. The van der Waals surface area contributed by atoms with Gasteiger partial charge in [-0.05, 0) is 12.1 Å². The second kappa shape index (κ2) is 4.13. The summed E-state index contributed by atoms with van der Waals surface area (Å²) in [5.74, 6) is 0.0105. The molecule has 70 valence electrons. The highest BCUT2D eigenvalue weighted by Gasteiger charge is 2.18. The first-order chi connectivity index (χ1) is 6.06. The first-order valence-electron chi connectivity index (χ1n) is 3.24. The lowest BCUT2D eigenvalue weighted by Gasteiger charge is -2.01.